The number of aliphatic hydroxyl groups excluding tert-OH is 1. The summed E-state index contributed by atoms with van der Waals surface area (Å²) in [6.45, 7) is 3.61. The lowest BCUT2D eigenvalue weighted by Gasteiger charge is -2.06. The van der Waals surface area contributed by atoms with Crippen LogP contribution in [0.4, 0.5) is 0 Å². The summed E-state index contributed by atoms with van der Waals surface area (Å²) in [6.07, 6.45) is 0.291. The molecule has 0 heterocycles. The predicted molar refractivity (Wildman–Crippen MR) is 66.2 cm³/mol. The molecule has 0 aliphatic rings. The van der Waals surface area contributed by atoms with Crippen LogP contribution in [0.3, 0.4) is 0 Å². The number of carbonyl (C=O) groups is 1. The molecule has 0 unspecified atom stereocenters. The van der Waals surface area contributed by atoms with Crippen molar-refractivity contribution in [3.8, 4) is 0 Å². The van der Waals surface area contributed by atoms with Crippen molar-refractivity contribution in [1.29, 1.82) is 0 Å². The lowest BCUT2D eigenvalue weighted by atomic mass is 10.4. The molecule has 0 aliphatic heterocycles. The fraction of sp³-hybridized carbons (Fsp3) is 0.909. The molecule has 0 aliphatic carbocycles. The van der Waals surface area contributed by atoms with Crippen molar-refractivity contribution in [1.82, 2.24) is 5.32 Å². The normalized spacial score (nSPS) is 10.6. The Balaban J connectivity index is 3.04. The van der Waals surface area contributed by atoms with E-state index in [1.54, 1.807) is 0 Å². The molecular formula is C11H24N2O5. The number of hydrogen-bond donors (Lipinski definition) is 3. The minimum absolute atomic E-state index is 0.0489. The molecule has 0 bridgehead atoms. The Labute approximate surface area is 108 Å². The van der Waals surface area contributed by atoms with Crippen molar-refractivity contribution in [2.45, 2.75) is 6.42 Å². The highest BCUT2D eigenvalue weighted by Gasteiger charge is 1.99. The molecule has 0 aromatic rings. The number of carbonyl (C=O) groups excluding carboxylic acids is 1. The van der Waals surface area contributed by atoms with E-state index in [9.17, 15) is 4.79 Å². The van der Waals surface area contributed by atoms with Gasteiger partial charge in [-0.25, -0.2) is 0 Å². The lowest BCUT2D eigenvalue weighted by Crippen LogP contribution is -2.27. The number of amides is 1. The molecule has 0 saturated heterocycles. The minimum atomic E-state index is -0.125. The zero-order valence-electron chi connectivity index (χ0n) is 10.7. The number of aliphatic hydroxyl groups is 1. The highest BCUT2D eigenvalue weighted by atomic mass is 16.5. The monoisotopic (exact) mass is 264 g/mol. The molecule has 0 aromatic heterocycles. The molecular weight excluding hydrogens is 240 g/mol. The summed E-state index contributed by atoms with van der Waals surface area (Å²) in [6, 6.07) is 0. The van der Waals surface area contributed by atoms with E-state index < -0.39 is 0 Å². The second-order valence-corrected chi connectivity index (χ2v) is 3.45. The zero-order chi connectivity index (χ0) is 13.5. The number of hydrogen-bond acceptors (Lipinski definition) is 6. The Hall–Kier alpha value is -0.730. The van der Waals surface area contributed by atoms with Crippen molar-refractivity contribution < 1.29 is 24.1 Å². The van der Waals surface area contributed by atoms with Gasteiger partial charge in [0.1, 0.15) is 0 Å². The molecule has 1 amide bonds. The van der Waals surface area contributed by atoms with Crippen molar-refractivity contribution in [3.05, 3.63) is 0 Å². The van der Waals surface area contributed by atoms with Gasteiger partial charge >= 0.3 is 0 Å². The van der Waals surface area contributed by atoms with E-state index in [1.165, 1.54) is 0 Å². The summed E-state index contributed by atoms with van der Waals surface area (Å²) in [4.78, 5) is 11.1. The van der Waals surface area contributed by atoms with Gasteiger partial charge in [-0.15, -0.1) is 0 Å². The van der Waals surface area contributed by atoms with Gasteiger partial charge in [-0.2, -0.15) is 0 Å². The van der Waals surface area contributed by atoms with Crippen molar-refractivity contribution in [3.63, 3.8) is 0 Å². The van der Waals surface area contributed by atoms with Gasteiger partial charge in [-0.1, -0.05) is 0 Å². The molecule has 7 nitrogen and oxygen atoms in total. The van der Waals surface area contributed by atoms with Gasteiger partial charge in [0.25, 0.3) is 0 Å². The Kier molecular flexibility index (Phi) is 13.8. The summed E-state index contributed by atoms with van der Waals surface area (Å²) in [5.74, 6) is -0.125. The average Bonchev–Trinajstić information content (AvgIpc) is 2.38. The zero-order valence-corrected chi connectivity index (χ0v) is 10.7. The summed E-state index contributed by atoms with van der Waals surface area (Å²) >= 11 is 0. The topological polar surface area (TPSA) is 103 Å². The molecule has 0 fully saturated rings. The van der Waals surface area contributed by atoms with E-state index in [4.69, 9.17) is 25.1 Å². The molecule has 0 rings (SSSR count). The fourth-order valence-corrected chi connectivity index (χ4v) is 1.07. The molecule has 0 spiro atoms. The van der Waals surface area contributed by atoms with Gasteiger partial charge in [0.15, 0.2) is 0 Å². The highest BCUT2D eigenvalue weighted by Crippen LogP contribution is 1.85. The summed E-state index contributed by atoms with van der Waals surface area (Å²) < 4.78 is 15.5. The van der Waals surface area contributed by atoms with Gasteiger partial charge in [-0.05, 0) is 0 Å². The Bertz CT molecular complexity index is 192. The van der Waals surface area contributed by atoms with Gasteiger partial charge in [0.05, 0.1) is 46.2 Å². The lowest BCUT2D eigenvalue weighted by molar-refractivity contribution is -0.122. The van der Waals surface area contributed by atoms with E-state index in [1.807, 2.05) is 0 Å². The number of ether oxygens (including phenoxy) is 3. The SMILES string of the molecule is NCCOCCOCCOCCC(=O)NCCO. The van der Waals surface area contributed by atoms with Crippen LogP contribution >= 0.6 is 0 Å². The number of rotatable bonds is 13. The van der Waals surface area contributed by atoms with Crippen LogP contribution in [0.5, 0.6) is 0 Å². The van der Waals surface area contributed by atoms with Crippen LogP contribution in [-0.2, 0) is 19.0 Å². The highest BCUT2D eigenvalue weighted by molar-refractivity contribution is 5.75. The maximum Gasteiger partial charge on any atom is 0.222 e. The smallest absolute Gasteiger partial charge is 0.222 e. The number of nitrogens with one attached hydrogen (secondary N) is 1. The number of nitrogens with two attached hydrogens (primary N) is 1. The third kappa shape index (κ3) is 13.3. The Morgan fingerprint density at radius 3 is 2.11 bits per heavy atom. The predicted octanol–water partition coefficient (Wildman–Crippen LogP) is -1.51. The Morgan fingerprint density at radius 1 is 1.00 bits per heavy atom. The van der Waals surface area contributed by atoms with Crippen LogP contribution < -0.4 is 11.1 Å². The average molecular weight is 264 g/mol. The summed E-state index contributed by atoms with van der Waals surface area (Å²) in [5, 5.41) is 11.0. The standard InChI is InChI=1S/C11H24N2O5/c12-2-6-17-8-10-18-9-7-16-5-1-11(15)13-3-4-14/h14H,1-10,12H2,(H,13,15). The van der Waals surface area contributed by atoms with Crippen molar-refractivity contribution in [2.75, 3.05) is 59.3 Å². The third-order valence-electron chi connectivity index (χ3n) is 1.91. The van der Waals surface area contributed by atoms with Gasteiger partial charge in [0, 0.05) is 19.5 Å². The fourth-order valence-electron chi connectivity index (χ4n) is 1.07. The van der Waals surface area contributed by atoms with Crippen LogP contribution in [0.1, 0.15) is 6.42 Å². The van der Waals surface area contributed by atoms with E-state index in [-0.39, 0.29) is 19.1 Å². The molecule has 4 N–H and O–H groups in total. The van der Waals surface area contributed by atoms with Gasteiger partial charge in [-0.3, -0.25) is 4.79 Å². The maximum atomic E-state index is 11.1. The first kappa shape index (κ1) is 17.3. The molecule has 0 saturated carbocycles. The van der Waals surface area contributed by atoms with Crippen LogP contribution in [0.25, 0.3) is 0 Å². The van der Waals surface area contributed by atoms with E-state index >= 15 is 0 Å². The van der Waals surface area contributed by atoms with Gasteiger partial charge in [0.2, 0.25) is 5.91 Å². The molecule has 0 atom stereocenters. The van der Waals surface area contributed by atoms with Crippen LogP contribution in [0.15, 0.2) is 0 Å². The van der Waals surface area contributed by atoms with E-state index in [0.29, 0.717) is 52.6 Å². The molecule has 0 radical (unpaired) electrons. The van der Waals surface area contributed by atoms with Crippen LogP contribution in [-0.4, -0.2) is 70.4 Å². The Morgan fingerprint density at radius 2 is 1.56 bits per heavy atom. The van der Waals surface area contributed by atoms with Crippen LogP contribution in [0, 0.1) is 0 Å². The minimum Gasteiger partial charge on any atom is -0.395 e. The molecule has 7 heteroatoms. The quantitative estimate of drug-likeness (QED) is 0.350. The molecule has 108 valence electrons. The first-order chi connectivity index (χ1) is 8.81. The van der Waals surface area contributed by atoms with Crippen LogP contribution in [0.2, 0.25) is 0 Å². The largest absolute Gasteiger partial charge is 0.395 e. The molecule has 0 aromatic carbocycles. The van der Waals surface area contributed by atoms with Gasteiger partial charge < -0.3 is 30.4 Å². The molecule has 18 heavy (non-hydrogen) atoms. The third-order valence-corrected chi connectivity index (χ3v) is 1.91. The first-order valence-electron chi connectivity index (χ1n) is 6.12. The first-order valence-corrected chi connectivity index (χ1v) is 6.12. The second kappa shape index (κ2) is 14.3. The second-order valence-electron chi connectivity index (χ2n) is 3.45. The summed E-state index contributed by atoms with van der Waals surface area (Å²) in [7, 11) is 0. The maximum absolute atomic E-state index is 11.1. The van der Waals surface area contributed by atoms with Crippen molar-refractivity contribution in [2.24, 2.45) is 5.73 Å². The summed E-state index contributed by atoms with van der Waals surface area (Å²) in [5.41, 5.74) is 5.25. The van der Waals surface area contributed by atoms with Crippen molar-refractivity contribution >= 4 is 5.91 Å². The van der Waals surface area contributed by atoms with E-state index in [2.05, 4.69) is 5.32 Å². The van der Waals surface area contributed by atoms with E-state index in [0.717, 1.165) is 0 Å².